The quantitative estimate of drug-likeness (QED) is 0.674. The molecule has 25 heavy (non-hydrogen) atoms. The van der Waals surface area contributed by atoms with Crippen LogP contribution in [0.1, 0.15) is 31.0 Å². The van der Waals surface area contributed by atoms with E-state index >= 15 is 0 Å². The molecule has 4 rings (SSSR count). The molecule has 3 heterocycles. The molecule has 1 unspecified atom stereocenters. The van der Waals surface area contributed by atoms with Gasteiger partial charge in [0.2, 0.25) is 0 Å². The first-order chi connectivity index (χ1) is 12.2. The van der Waals surface area contributed by atoms with E-state index in [0.29, 0.717) is 10.8 Å². The number of aromatic nitrogens is 5. The van der Waals surface area contributed by atoms with Gasteiger partial charge in [-0.15, -0.1) is 0 Å². The summed E-state index contributed by atoms with van der Waals surface area (Å²) in [5.74, 6) is 1.38. The Morgan fingerprint density at radius 1 is 1.32 bits per heavy atom. The van der Waals surface area contributed by atoms with Crippen LogP contribution in [0, 0.1) is 5.92 Å². The summed E-state index contributed by atoms with van der Waals surface area (Å²) in [7, 11) is 3.55. The topological polar surface area (TPSA) is 57.8 Å². The lowest BCUT2D eigenvalue weighted by Gasteiger charge is -2.18. The van der Waals surface area contributed by atoms with E-state index in [-0.39, 0.29) is 6.04 Å². The van der Waals surface area contributed by atoms with E-state index in [4.69, 9.17) is 16.3 Å². The van der Waals surface area contributed by atoms with Crippen LogP contribution >= 0.6 is 11.6 Å². The number of nitrogens with zero attached hydrogens (tertiary/aromatic N) is 5. The van der Waals surface area contributed by atoms with Crippen molar-refractivity contribution in [2.75, 3.05) is 7.11 Å². The van der Waals surface area contributed by atoms with Gasteiger partial charge in [0, 0.05) is 37.3 Å². The molecule has 0 aromatic carbocycles. The van der Waals surface area contributed by atoms with E-state index in [1.54, 1.807) is 19.5 Å². The Balaban J connectivity index is 1.70. The van der Waals surface area contributed by atoms with Crippen LogP contribution in [0.2, 0.25) is 5.02 Å². The molecule has 0 aliphatic heterocycles. The molecule has 1 fully saturated rings. The molecule has 1 aliphatic carbocycles. The standard InChI is InChI=1S/C18H20ClN5O/c1-23-16(5-6-21-23)13-9-22-24(11-13)17(7-12-3-4-12)15-8-18(25-2)14(19)10-20-15/h5-6,8-12,17H,3-4,7H2,1-2H3. The average molecular weight is 358 g/mol. The van der Waals surface area contributed by atoms with E-state index in [9.17, 15) is 0 Å². The molecule has 0 radical (unpaired) electrons. The fourth-order valence-corrected chi connectivity index (χ4v) is 3.29. The number of hydrogen-bond acceptors (Lipinski definition) is 4. The molecule has 0 saturated heterocycles. The highest BCUT2D eigenvalue weighted by Gasteiger charge is 2.29. The minimum atomic E-state index is 0.0700. The molecule has 0 spiro atoms. The molecular formula is C18H20ClN5O. The third kappa shape index (κ3) is 3.26. The molecule has 6 nitrogen and oxygen atoms in total. The predicted molar refractivity (Wildman–Crippen MR) is 95.7 cm³/mol. The smallest absolute Gasteiger partial charge is 0.140 e. The Hall–Kier alpha value is -2.34. The van der Waals surface area contributed by atoms with E-state index in [1.807, 2.05) is 34.7 Å². The lowest BCUT2D eigenvalue weighted by atomic mass is 10.1. The van der Waals surface area contributed by atoms with Gasteiger partial charge in [-0.1, -0.05) is 24.4 Å². The van der Waals surface area contributed by atoms with Gasteiger partial charge in [0.1, 0.15) is 10.8 Å². The first-order valence-electron chi connectivity index (χ1n) is 8.37. The predicted octanol–water partition coefficient (Wildman–Crippen LogP) is 3.73. The van der Waals surface area contributed by atoms with E-state index in [2.05, 4.69) is 21.4 Å². The largest absolute Gasteiger partial charge is 0.495 e. The lowest BCUT2D eigenvalue weighted by molar-refractivity contribution is 0.408. The number of ether oxygens (including phenoxy) is 1. The van der Waals surface area contributed by atoms with Crippen LogP contribution < -0.4 is 4.74 Å². The van der Waals surface area contributed by atoms with Gasteiger partial charge in [0.05, 0.1) is 30.7 Å². The summed E-state index contributed by atoms with van der Waals surface area (Å²) in [5, 5.41) is 9.36. The van der Waals surface area contributed by atoms with Crippen molar-refractivity contribution >= 4 is 11.6 Å². The Bertz CT molecular complexity index is 883. The molecule has 130 valence electrons. The Morgan fingerprint density at radius 2 is 2.16 bits per heavy atom. The molecule has 7 heteroatoms. The van der Waals surface area contributed by atoms with Gasteiger partial charge < -0.3 is 4.74 Å². The Kier molecular flexibility index (Phi) is 4.21. The number of aryl methyl sites for hydroxylation is 1. The molecule has 3 aromatic rings. The lowest BCUT2D eigenvalue weighted by Crippen LogP contribution is -2.14. The SMILES string of the molecule is COc1cc(C(CC2CC2)n2cc(-c3ccnn3C)cn2)ncc1Cl. The van der Waals surface area contributed by atoms with Gasteiger partial charge in [-0.25, -0.2) is 0 Å². The van der Waals surface area contributed by atoms with Gasteiger partial charge in [0.15, 0.2) is 0 Å². The fraction of sp³-hybridized carbons (Fsp3) is 0.389. The molecule has 0 N–H and O–H groups in total. The summed E-state index contributed by atoms with van der Waals surface area (Å²) in [6, 6.07) is 3.97. The van der Waals surface area contributed by atoms with Crippen LogP contribution in [0.15, 0.2) is 36.9 Å². The second-order valence-corrected chi connectivity index (χ2v) is 6.89. The van der Waals surface area contributed by atoms with Crippen molar-refractivity contribution in [1.82, 2.24) is 24.5 Å². The fourth-order valence-electron chi connectivity index (χ4n) is 3.11. The van der Waals surface area contributed by atoms with Crippen molar-refractivity contribution in [3.05, 3.63) is 47.6 Å². The normalized spacial score (nSPS) is 15.3. The van der Waals surface area contributed by atoms with Gasteiger partial charge in [0.25, 0.3) is 0 Å². The van der Waals surface area contributed by atoms with Crippen LogP contribution in [0.25, 0.3) is 11.3 Å². The Labute approximate surface area is 151 Å². The highest BCUT2D eigenvalue weighted by Crippen LogP contribution is 2.40. The van der Waals surface area contributed by atoms with Crippen molar-refractivity contribution in [2.45, 2.75) is 25.3 Å². The second-order valence-electron chi connectivity index (χ2n) is 6.49. The second kappa shape index (κ2) is 6.52. The minimum Gasteiger partial charge on any atom is -0.495 e. The molecular weight excluding hydrogens is 338 g/mol. The van der Waals surface area contributed by atoms with Crippen molar-refractivity contribution in [2.24, 2.45) is 13.0 Å². The van der Waals surface area contributed by atoms with Crippen molar-refractivity contribution < 1.29 is 4.74 Å². The minimum absolute atomic E-state index is 0.0700. The average Bonchev–Trinajstić information content (AvgIpc) is 3.13. The van der Waals surface area contributed by atoms with Crippen LogP contribution in [0.4, 0.5) is 0 Å². The highest BCUT2D eigenvalue weighted by molar-refractivity contribution is 6.31. The van der Waals surface area contributed by atoms with Crippen molar-refractivity contribution in [1.29, 1.82) is 0 Å². The summed E-state index contributed by atoms with van der Waals surface area (Å²) in [6.07, 6.45) is 11.0. The summed E-state index contributed by atoms with van der Waals surface area (Å²) in [4.78, 5) is 4.54. The van der Waals surface area contributed by atoms with E-state index < -0.39 is 0 Å². The molecule has 0 bridgehead atoms. The zero-order valence-corrected chi connectivity index (χ0v) is 15.0. The first-order valence-corrected chi connectivity index (χ1v) is 8.75. The van der Waals surface area contributed by atoms with Gasteiger partial charge in [-0.3, -0.25) is 14.3 Å². The maximum absolute atomic E-state index is 6.13. The number of pyridine rings is 1. The van der Waals surface area contributed by atoms with E-state index in [1.165, 1.54) is 12.8 Å². The van der Waals surface area contributed by atoms with Gasteiger partial charge in [-0.2, -0.15) is 10.2 Å². The number of methoxy groups -OCH3 is 1. The molecule has 1 atom stereocenters. The van der Waals surface area contributed by atoms with Crippen LogP contribution in [0.5, 0.6) is 5.75 Å². The van der Waals surface area contributed by atoms with Crippen LogP contribution in [-0.2, 0) is 7.05 Å². The van der Waals surface area contributed by atoms with Gasteiger partial charge in [-0.05, 0) is 18.4 Å². The molecule has 1 saturated carbocycles. The summed E-state index contributed by atoms with van der Waals surface area (Å²) >= 11 is 6.13. The number of rotatable bonds is 6. The zero-order chi connectivity index (χ0) is 17.4. The first kappa shape index (κ1) is 16.1. The molecule has 3 aromatic heterocycles. The number of hydrogen-bond donors (Lipinski definition) is 0. The van der Waals surface area contributed by atoms with E-state index in [0.717, 1.165) is 29.3 Å². The third-order valence-corrected chi connectivity index (χ3v) is 4.98. The monoisotopic (exact) mass is 357 g/mol. The summed E-state index contributed by atoms with van der Waals surface area (Å²) in [5.41, 5.74) is 3.01. The Morgan fingerprint density at radius 3 is 2.84 bits per heavy atom. The van der Waals surface area contributed by atoms with Crippen molar-refractivity contribution in [3.8, 4) is 17.0 Å². The summed E-state index contributed by atoms with van der Waals surface area (Å²) < 4.78 is 9.20. The van der Waals surface area contributed by atoms with Crippen LogP contribution in [-0.4, -0.2) is 31.7 Å². The zero-order valence-electron chi connectivity index (χ0n) is 14.3. The third-order valence-electron chi connectivity index (χ3n) is 4.69. The summed E-state index contributed by atoms with van der Waals surface area (Å²) in [6.45, 7) is 0. The molecule has 1 aliphatic rings. The van der Waals surface area contributed by atoms with Crippen LogP contribution in [0.3, 0.4) is 0 Å². The van der Waals surface area contributed by atoms with Crippen molar-refractivity contribution in [3.63, 3.8) is 0 Å². The maximum Gasteiger partial charge on any atom is 0.140 e. The number of halogens is 1. The highest BCUT2D eigenvalue weighted by atomic mass is 35.5. The molecule has 0 amide bonds. The van der Waals surface area contributed by atoms with Gasteiger partial charge >= 0.3 is 0 Å². The maximum atomic E-state index is 6.13.